The van der Waals surface area contributed by atoms with Crippen molar-refractivity contribution in [3.05, 3.63) is 28.3 Å². The van der Waals surface area contributed by atoms with Crippen LogP contribution in [0.5, 0.6) is 5.75 Å². The highest BCUT2D eigenvalue weighted by Gasteiger charge is 2.25. The van der Waals surface area contributed by atoms with Crippen LogP contribution in [-0.4, -0.2) is 30.2 Å². The smallest absolute Gasteiger partial charge is 0.311 e. The monoisotopic (exact) mass is 293 g/mol. The van der Waals surface area contributed by atoms with E-state index in [2.05, 4.69) is 11.8 Å². The molecule has 116 valence electrons. The molecule has 0 saturated carbocycles. The zero-order valence-electron chi connectivity index (χ0n) is 12.8. The lowest BCUT2D eigenvalue weighted by atomic mass is 9.94. The molecule has 6 heteroatoms. The second-order valence-electron chi connectivity index (χ2n) is 5.95. The third kappa shape index (κ3) is 3.64. The van der Waals surface area contributed by atoms with Gasteiger partial charge < -0.3 is 15.4 Å². The zero-order chi connectivity index (χ0) is 15.6. The van der Waals surface area contributed by atoms with Crippen LogP contribution in [0, 0.1) is 16.0 Å². The first-order valence-electron chi connectivity index (χ1n) is 7.34. The van der Waals surface area contributed by atoms with Gasteiger partial charge in [-0.25, -0.2) is 0 Å². The Labute approximate surface area is 125 Å². The van der Waals surface area contributed by atoms with Crippen molar-refractivity contribution in [3.8, 4) is 5.75 Å². The molecule has 1 aliphatic rings. The number of nitro benzene ring substituents is 1. The van der Waals surface area contributed by atoms with Gasteiger partial charge >= 0.3 is 5.69 Å². The molecule has 1 heterocycles. The molecule has 0 bridgehead atoms. The summed E-state index contributed by atoms with van der Waals surface area (Å²) in [4.78, 5) is 12.8. The van der Waals surface area contributed by atoms with E-state index in [9.17, 15) is 10.1 Å². The third-order valence-electron chi connectivity index (χ3n) is 3.88. The largest absolute Gasteiger partial charge is 0.484 e. The summed E-state index contributed by atoms with van der Waals surface area (Å²) < 4.78 is 5.59. The van der Waals surface area contributed by atoms with Crippen LogP contribution < -0.4 is 15.4 Å². The highest BCUT2D eigenvalue weighted by molar-refractivity contribution is 5.59. The van der Waals surface area contributed by atoms with E-state index in [1.165, 1.54) is 6.07 Å². The molecular formula is C15H23N3O3. The van der Waals surface area contributed by atoms with Gasteiger partial charge in [0.2, 0.25) is 0 Å². The number of piperidine rings is 1. The average Bonchev–Trinajstić information content (AvgIpc) is 2.40. The van der Waals surface area contributed by atoms with Gasteiger partial charge in [0.25, 0.3) is 0 Å². The Morgan fingerprint density at radius 2 is 2.19 bits per heavy atom. The van der Waals surface area contributed by atoms with Crippen LogP contribution >= 0.6 is 0 Å². The van der Waals surface area contributed by atoms with Crippen molar-refractivity contribution >= 4 is 11.4 Å². The molecule has 1 fully saturated rings. The maximum atomic E-state index is 11.1. The summed E-state index contributed by atoms with van der Waals surface area (Å²) in [6, 6.07) is 5.16. The molecule has 0 aromatic heterocycles. The molecule has 2 N–H and O–H groups in total. The Balaban J connectivity index is 2.26. The molecule has 0 radical (unpaired) electrons. The van der Waals surface area contributed by atoms with E-state index in [4.69, 9.17) is 10.5 Å². The molecule has 6 nitrogen and oxygen atoms in total. The minimum absolute atomic E-state index is 0.00197. The Morgan fingerprint density at radius 1 is 1.48 bits per heavy atom. The van der Waals surface area contributed by atoms with Gasteiger partial charge in [0.1, 0.15) is 0 Å². The normalized spacial score (nSPS) is 22.4. The Kier molecular flexibility index (Phi) is 4.67. The highest BCUT2D eigenvalue weighted by atomic mass is 16.6. The molecule has 1 saturated heterocycles. The van der Waals surface area contributed by atoms with Crippen LogP contribution in [0.1, 0.15) is 27.2 Å². The van der Waals surface area contributed by atoms with Gasteiger partial charge in [0.15, 0.2) is 5.75 Å². The van der Waals surface area contributed by atoms with Crippen LogP contribution in [0.15, 0.2) is 18.2 Å². The summed E-state index contributed by atoms with van der Waals surface area (Å²) in [6.07, 6.45) is 0.918. The molecule has 0 amide bonds. The van der Waals surface area contributed by atoms with E-state index in [1.54, 1.807) is 12.1 Å². The minimum atomic E-state index is -0.411. The molecular weight excluding hydrogens is 270 g/mol. The Hall–Kier alpha value is -1.82. The van der Waals surface area contributed by atoms with Crippen LogP contribution in [0.4, 0.5) is 11.4 Å². The van der Waals surface area contributed by atoms with E-state index in [-0.39, 0.29) is 17.8 Å². The van der Waals surface area contributed by atoms with Gasteiger partial charge in [-0.15, -0.1) is 0 Å². The maximum absolute atomic E-state index is 11.1. The topological polar surface area (TPSA) is 81.6 Å². The van der Waals surface area contributed by atoms with Gasteiger partial charge in [-0.1, -0.05) is 6.92 Å². The fraction of sp³-hybridized carbons (Fsp3) is 0.600. The second-order valence-corrected chi connectivity index (χ2v) is 5.95. The lowest BCUT2D eigenvalue weighted by Gasteiger charge is -2.36. The SMILES string of the molecule is CC(C)Oc1cc(N2CCC(C)C(N)C2)ccc1[N+](=O)[O-]. The second kappa shape index (κ2) is 6.30. The van der Waals surface area contributed by atoms with Gasteiger partial charge in [0.05, 0.1) is 11.0 Å². The number of nitrogens with zero attached hydrogens (tertiary/aromatic N) is 2. The van der Waals surface area contributed by atoms with Crippen molar-refractivity contribution in [2.45, 2.75) is 39.3 Å². The summed E-state index contributed by atoms with van der Waals surface area (Å²) in [5.41, 5.74) is 7.05. The summed E-state index contributed by atoms with van der Waals surface area (Å²) in [5.74, 6) is 0.824. The van der Waals surface area contributed by atoms with Crippen LogP contribution in [0.25, 0.3) is 0 Å². The number of hydrogen-bond acceptors (Lipinski definition) is 5. The van der Waals surface area contributed by atoms with Gasteiger partial charge in [-0.05, 0) is 32.3 Å². The molecule has 1 aromatic rings. The average molecular weight is 293 g/mol. The van der Waals surface area contributed by atoms with Gasteiger partial charge in [0, 0.05) is 37.0 Å². The summed E-state index contributed by atoms with van der Waals surface area (Å²) >= 11 is 0. The highest BCUT2D eigenvalue weighted by Crippen LogP contribution is 2.33. The van der Waals surface area contributed by atoms with Crippen molar-refractivity contribution in [1.82, 2.24) is 0 Å². The van der Waals surface area contributed by atoms with Crippen molar-refractivity contribution < 1.29 is 9.66 Å². The molecule has 2 rings (SSSR count). The first kappa shape index (κ1) is 15.6. The summed E-state index contributed by atoms with van der Waals surface area (Å²) in [5, 5.41) is 11.1. The molecule has 0 aliphatic carbocycles. The lowest BCUT2D eigenvalue weighted by Crippen LogP contribution is -2.47. The molecule has 21 heavy (non-hydrogen) atoms. The lowest BCUT2D eigenvalue weighted by molar-refractivity contribution is -0.386. The number of hydrogen-bond donors (Lipinski definition) is 1. The molecule has 0 spiro atoms. The predicted octanol–water partition coefficient (Wildman–Crippen LogP) is 2.56. The molecule has 1 aromatic carbocycles. The quantitative estimate of drug-likeness (QED) is 0.681. The number of rotatable bonds is 4. The standard InChI is InChI=1S/C15H23N3O3/c1-10(2)21-15-8-12(4-5-14(15)18(19)20)17-7-6-11(3)13(16)9-17/h4-5,8,10-11,13H,6-7,9,16H2,1-3H3. The number of ether oxygens (including phenoxy) is 1. The third-order valence-corrected chi connectivity index (χ3v) is 3.88. The van der Waals surface area contributed by atoms with Crippen molar-refractivity contribution in [1.29, 1.82) is 0 Å². The van der Waals surface area contributed by atoms with Gasteiger partial charge in [-0.3, -0.25) is 10.1 Å². The van der Waals surface area contributed by atoms with Crippen LogP contribution in [0.3, 0.4) is 0 Å². The first-order valence-corrected chi connectivity index (χ1v) is 7.34. The van der Waals surface area contributed by atoms with E-state index in [1.807, 2.05) is 13.8 Å². The Bertz CT molecular complexity index is 519. The minimum Gasteiger partial charge on any atom is -0.484 e. The number of benzene rings is 1. The van der Waals surface area contributed by atoms with Crippen molar-refractivity contribution in [3.63, 3.8) is 0 Å². The first-order chi connectivity index (χ1) is 9.88. The molecule has 2 unspecified atom stereocenters. The van der Waals surface area contributed by atoms with Gasteiger partial charge in [-0.2, -0.15) is 0 Å². The summed E-state index contributed by atoms with van der Waals surface area (Å²) in [6.45, 7) is 7.54. The van der Waals surface area contributed by atoms with Crippen molar-refractivity contribution in [2.24, 2.45) is 11.7 Å². The van der Waals surface area contributed by atoms with Crippen molar-refractivity contribution in [2.75, 3.05) is 18.0 Å². The van der Waals surface area contributed by atoms with E-state index in [0.29, 0.717) is 11.7 Å². The van der Waals surface area contributed by atoms with E-state index >= 15 is 0 Å². The van der Waals surface area contributed by atoms with E-state index in [0.717, 1.165) is 25.2 Å². The summed E-state index contributed by atoms with van der Waals surface area (Å²) in [7, 11) is 0. The van der Waals surface area contributed by atoms with E-state index < -0.39 is 4.92 Å². The number of nitro groups is 1. The molecule has 2 atom stereocenters. The van der Waals surface area contributed by atoms with Crippen LogP contribution in [-0.2, 0) is 0 Å². The fourth-order valence-corrected chi connectivity index (χ4v) is 2.53. The zero-order valence-corrected chi connectivity index (χ0v) is 12.8. The predicted molar refractivity (Wildman–Crippen MR) is 82.8 cm³/mol. The fourth-order valence-electron chi connectivity index (χ4n) is 2.53. The number of anilines is 1. The Morgan fingerprint density at radius 3 is 2.76 bits per heavy atom. The van der Waals surface area contributed by atoms with Crippen LogP contribution in [0.2, 0.25) is 0 Å². The maximum Gasteiger partial charge on any atom is 0.311 e. The molecule has 1 aliphatic heterocycles. The number of nitrogens with two attached hydrogens (primary N) is 1.